The highest BCUT2D eigenvalue weighted by atomic mass is 16.5. The Morgan fingerprint density at radius 2 is 1.85 bits per heavy atom. The molecule has 4 rings (SSSR count). The van der Waals surface area contributed by atoms with Crippen molar-refractivity contribution in [1.29, 1.82) is 0 Å². The van der Waals surface area contributed by atoms with E-state index in [4.69, 9.17) is 23.7 Å². The third-order valence-electron chi connectivity index (χ3n) is 5.93. The number of methoxy groups -OCH3 is 3. The van der Waals surface area contributed by atoms with E-state index in [2.05, 4.69) is 0 Å². The number of benzene rings is 2. The first-order valence-electron chi connectivity index (χ1n) is 10.9. The van der Waals surface area contributed by atoms with Gasteiger partial charge in [-0.05, 0) is 37.1 Å². The normalized spacial score (nSPS) is 18.0. The van der Waals surface area contributed by atoms with Crippen molar-refractivity contribution in [1.82, 2.24) is 4.90 Å². The standard InChI is InChI=1S/C25H27NO8/c1-30-19-12-22(32-3)21(31-2)9-15(19)10-23-25(29)18-7-6-17(11-20(18)34-23)33-14-24(28)26-8-4-5-16(26)13-27/h6-7,9-12,16,27H,4-5,8,13-14H2,1-3H3/b23-10-/t16-/m0/s1. The highest BCUT2D eigenvalue weighted by molar-refractivity contribution is 6.14. The number of amides is 1. The van der Waals surface area contributed by atoms with Crippen LogP contribution in [0.15, 0.2) is 36.1 Å². The molecule has 1 fully saturated rings. The monoisotopic (exact) mass is 469 g/mol. The zero-order valence-corrected chi connectivity index (χ0v) is 19.3. The van der Waals surface area contributed by atoms with E-state index in [0.717, 1.165) is 12.8 Å². The van der Waals surface area contributed by atoms with Gasteiger partial charge in [0.1, 0.15) is 17.2 Å². The molecule has 0 aromatic heterocycles. The molecule has 2 aliphatic heterocycles. The zero-order valence-electron chi connectivity index (χ0n) is 19.3. The molecule has 0 spiro atoms. The van der Waals surface area contributed by atoms with Gasteiger partial charge in [0.25, 0.3) is 5.91 Å². The van der Waals surface area contributed by atoms with Gasteiger partial charge < -0.3 is 33.7 Å². The van der Waals surface area contributed by atoms with Gasteiger partial charge in [-0.15, -0.1) is 0 Å². The van der Waals surface area contributed by atoms with Gasteiger partial charge in [-0.1, -0.05) is 0 Å². The van der Waals surface area contributed by atoms with E-state index in [1.165, 1.54) is 21.3 Å². The average Bonchev–Trinajstić information content (AvgIpc) is 3.46. The molecular formula is C25H27NO8. The number of carbonyl (C=O) groups excluding carboxylic acids is 2. The lowest BCUT2D eigenvalue weighted by Gasteiger charge is -2.22. The number of Topliss-reactive ketones (excluding diaryl/α,β-unsaturated/α-hetero) is 1. The van der Waals surface area contributed by atoms with E-state index in [1.807, 2.05) is 0 Å². The summed E-state index contributed by atoms with van der Waals surface area (Å²) in [6.07, 6.45) is 3.23. The number of aliphatic hydroxyl groups is 1. The molecule has 0 bridgehead atoms. The van der Waals surface area contributed by atoms with E-state index in [9.17, 15) is 14.7 Å². The predicted molar refractivity (Wildman–Crippen MR) is 123 cm³/mol. The molecule has 1 atom stereocenters. The van der Waals surface area contributed by atoms with Crippen molar-refractivity contribution in [3.8, 4) is 28.7 Å². The van der Waals surface area contributed by atoms with Crippen LogP contribution in [0.4, 0.5) is 0 Å². The van der Waals surface area contributed by atoms with Crippen LogP contribution in [0.1, 0.15) is 28.8 Å². The summed E-state index contributed by atoms with van der Waals surface area (Å²) in [4.78, 5) is 27.0. The summed E-state index contributed by atoms with van der Waals surface area (Å²) in [5.41, 5.74) is 0.978. The van der Waals surface area contributed by atoms with Gasteiger partial charge in [-0.2, -0.15) is 0 Å². The lowest BCUT2D eigenvalue weighted by Crippen LogP contribution is -2.40. The van der Waals surface area contributed by atoms with Crippen LogP contribution in [0.25, 0.3) is 6.08 Å². The zero-order chi connectivity index (χ0) is 24.2. The van der Waals surface area contributed by atoms with Crippen LogP contribution in [0.3, 0.4) is 0 Å². The van der Waals surface area contributed by atoms with Crippen molar-refractivity contribution >= 4 is 17.8 Å². The molecule has 0 unspecified atom stereocenters. The largest absolute Gasteiger partial charge is 0.496 e. The van der Waals surface area contributed by atoms with Crippen molar-refractivity contribution in [2.24, 2.45) is 0 Å². The van der Waals surface area contributed by atoms with E-state index in [1.54, 1.807) is 41.3 Å². The Balaban J connectivity index is 1.50. The van der Waals surface area contributed by atoms with Gasteiger partial charge in [-0.3, -0.25) is 9.59 Å². The summed E-state index contributed by atoms with van der Waals surface area (Å²) in [7, 11) is 4.57. The van der Waals surface area contributed by atoms with Gasteiger partial charge >= 0.3 is 0 Å². The van der Waals surface area contributed by atoms with Crippen LogP contribution in [0, 0.1) is 0 Å². The summed E-state index contributed by atoms with van der Waals surface area (Å²) < 4.78 is 27.5. The first-order valence-corrected chi connectivity index (χ1v) is 10.9. The molecule has 1 saturated heterocycles. The van der Waals surface area contributed by atoms with Crippen LogP contribution in [0.2, 0.25) is 0 Å². The molecule has 2 aromatic rings. The number of fused-ring (bicyclic) bond motifs is 1. The number of ketones is 1. The fourth-order valence-corrected chi connectivity index (χ4v) is 4.15. The van der Waals surface area contributed by atoms with Crippen LogP contribution >= 0.6 is 0 Å². The van der Waals surface area contributed by atoms with E-state index < -0.39 is 0 Å². The number of likely N-dealkylation sites (tertiary alicyclic amines) is 1. The highest BCUT2D eigenvalue weighted by Crippen LogP contribution is 2.39. The minimum atomic E-state index is -0.280. The molecule has 0 radical (unpaired) electrons. The smallest absolute Gasteiger partial charge is 0.260 e. The first kappa shape index (κ1) is 23.4. The topological polar surface area (TPSA) is 104 Å². The SMILES string of the molecule is COc1cc(OC)c(OC)cc1/C=C1\Oc2cc(OCC(=O)N3CCC[C@H]3CO)ccc2C1=O. The first-order chi connectivity index (χ1) is 16.5. The van der Waals surface area contributed by atoms with E-state index >= 15 is 0 Å². The summed E-state index contributed by atoms with van der Waals surface area (Å²) in [6.45, 7) is 0.401. The Hall–Kier alpha value is -3.72. The molecule has 2 aromatic carbocycles. The lowest BCUT2D eigenvalue weighted by atomic mass is 10.1. The molecule has 9 heteroatoms. The Kier molecular flexibility index (Phi) is 6.93. The van der Waals surface area contributed by atoms with Crippen LogP contribution < -0.4 is 23.7 Å². The predicted octanol–water partition coefficient (Wildman–Crippen LogP) is 2.69. The lowest BCUT2D eigenvalue weighted by molar-refractivity contribution is -0.134. The number of hydrogen-bond acceptors (Lipinski definition) is 8. The molecule has 34 heavy (non-hydrogen) atoms. The Morgan fingerprint density at radius 3 is 2.56 bits per heavy atom. The Labute approximate surface area is 197 Å². The molecule has 2 heterocycles. The molecule has 0 aliphatic carbocycles. The minimum absolute atomic E-state index is 0.0551. The number of carbonyl (C=O) groups is 2. The van der Waals surface area contributed by atoms with Crippen molar-refractivity contribution in [3.05, 3.63) is 47.2 Å². The third-order valence-corrected chi connectivity index (χ3v) is 5.93. The second-order valence-corrected chi connectivity index (χ2v) is 7.90. The van der Waals surface area contributed by atoms with E-state index in [-0.39, 0.29) is 36.7 Å². The summed E-state index contributed by atoms with van der Waals surface area (Å²) in [6, 6.07) is 8.03. The maximum absolute atomic E-state index is 12.9. The second kappa shape index (κ2) is 10.0. The van der Waals surface area contributed by atoms with Crippen LogP contribution in [-0.4, -0.2) is 68.8 Å². The number of aliphatic hydroxyl groups excluding tert-OH is 1. The maximum atomic E-state index is 12.9. The van der Waals surface area contributed by atoms with Gasteiger partial charge in [0.2, 0.25) is 5.78 Å². The number of allylic oxidation sites excluding steroid dienone is 1. The maximum Gasteiger partial charge on any atom is 0.260 e. The van der Waals surface area contributed by atoms with Crippen molar-refractivity contribution < 1.29 is 38.4 Å². The average molecular weight is 469 g/mol. The summed E-state index contributed by atoms with van der Waals surface area (Å²) in [5.74, 6) is 1.88. The number of rotatable bonds is 8. The number of nitrogens with zero attached hydrogens (tertiary/aromatic N) is 1. The summed E-state index contributed by atoms with van der Waals surface area (Å²) >= 11 is 0. The molecular weight excluding hydrogens is 442 g/mol. The van der Waals surface area contributed by atoms with Gasteiger partial charge in [-0.25, -0.2) is 0 Å². The highest BCUT2D eigenvalue weighted by Gasteiger charge is 2.30. The number of hydrogen-bond donors (Lipinski definition) is 1. The molecule has 1 N–H and O–H groups in total. The van der Waals surface area contributed by atoms with E-state index in [0.29, 0.717) is 46.4 Å². The van der Waals surface area contributed by atoms with Crippen molar-refractivity contribution in [3.63, 3.8) is 0 Å². The second-order valence-electron chi connectivity index (χ2n) is 7.90. The van der Waals surface area contributed by atoms with Gasteiger partial charge in [0.05, 0.1) is 39.5 Å². The Bertz CT molecular complexity index is 1130. The summed E-state index contributed by atoms with van der Waals surface area (Å²) in [5, 5.41) is 9.41. The Morgan fingerprint density at radius 1 is 1.12 bits per heavy atom. The molecule has 180 valence electrons. The van der Waals surface area contributed by atoms with Crippen LogP contribution in [0.5, 0.6) is 28.7 Å². The fraction of sp³-hybridized carbons (Fsp3) is 0.360. The third kappa shape index (κ3) is 4.51. The van der Waals surface area contributed by atoms with Crippen molar-refractivity contribution in [2.45, 2.75) is 18.9 Å². The van der Waals surface area contributed by atoms with Crippen molar-refractivity contribution in [2.75, 3.05) is 41.1 Å². The van der Waals surface area contributed by atoms with Crippen LogP contribution in [-0.2, 0) is 4.79 Å². The number of ether oxygens (including phenoxy) is 5. The molecule has 1 amide bonds. The molecule has 9 nitrogen and oxygen atoms in total. The molecule has 0 saturated carbocycles. The minimum Gasteiger partial charge on any atom is -0.496 e. The van der Waals surface area contributed by atoms with Gasteiger partial charge in [0, 0.05) is 24.2 Å². The van der Waals surface area contributed by atoms with Gasteiger partial charge in [0.15, 0.2) is 23.9 Å². The fourth-order valence-electron chi connectivity index (χ4n) is 4.15. The molecule has 2 aliphatic rings. The quantitative estimate of drug-likeness (QED) is 0.589.